The Labute approximate surface area is 183 Å². The normalized spacial score (nSPS) is 13.3. The molecule has 3 aromatic carbocycles. The molecule has 3 aromatic rings. The van der Waals surface area contributed by atoms with Crippen LogP contribution in [-0.4, -0.2) is 32.7 Å². The van der Waals surface area contributed by atoms with E-state index in [2.05, 4.69) is 5.32 Å². The van der Waals surface area contributed by atoms with E-state index in [1.807, 2.05) is 6.07 Å². The van der Waals surface area contributed by atoms with Crippen LogP contribution in [-0.2, 0) is 19.4 Å². The number of fused-ring (bicyclic) bond motifs is 2. The predicted octanol–water partition coefficient (Wildman–Crippen LogP) is 2.73. The largest absolute Gasteiger partial charge is 0.452 e. The van der Waals surface area contributed by atoms with Crippen LogP contribution in [0.1, 0.15) is 31.8 Å². The lowest BCUT2D eigenvalue weighted by molar-refractivity contribution is -0.119. The van der Waals surface area contributed by atoms with Gasteiger partial charge in [0, 0.05) is 16.8 Å². The number of ether oxygens (including phenoxy) is 1. The molecule has 9 heteroatoms. The molecule has 0 atom stereocenters. The Bertz CT molecular complexity index is 1420. The monoisotopic (exact) mass is 446 g/mol. The third-order valence-electron chi connectivity index (χ3n) is 4.80. The fourth-order valence-electron chi connectivity index (χ4n) is 3.25. The Morgan fingerprint density at radius 1 is 0.938 bits per heavy atom. The molecule has 0 radical (unpaired) electrons. The number of benzene rings is 3. The zero-order valence-electron chi connectivity index (χ0n) is 16.4. The van der Waals surface area contributed by atoms with E-state index in [4.69, 9.17) is 10.00 Å². The van der Waals surface area contributed by atoms with Crippen LogP contribution >= 0.6 is 0 Å². The van der Waals surface area contributed by atoms with Crippen LogP contribution in [0.5, 0.6) is 0 Å². The van der Waals surface area contributed by atoms with E-state index in [-0.39, 0.29) is 26.5 Å². The molecule has 1 N–H and O–H groups in total. The molecule has 0 fully saturated rings. The van der Waals surface area contributed by atoms with Gasteiger partial charge < -0.3 is 10.1 Å². The number of rotatable bonds is 4. The lowest BCUT2D eigenvalue weighted by Crippen LogP contribution is -2.22. The van der Waals surface area contributed by atoms with Crippen molar-refractivity contribution in [2.75, 3.05) is 11.9 Å². The SMILES string of the molecule is N#Cc1ccc(NC(=O)COC(=O)c2ccc3c(c2)S(=O)(=O)c2ccccc2C3=O)cc1. The minimum atomic E-state index is -4.00. The first-order valence-corrected chi connectivity index (χ1v) is 10.8. The van der Waals surface area contributed by atoms with Crippen molar-refractivity contribution in [1.82, 2.24) is 0 Å². The summed E-state index contributed by atoms with van der Waals surface area (Å²) in [6.07, 6.45) is 0. The predicted molar refractivity (Wildman–Crippen MR) is 112 cm³/mol. The molecule has 1 aliphatic rings. The second-order valence-corrected chi connectivity index (χ2v) is 8.74. The topological polar surface area (TPSA) is 130 Å². The van der Waals surface area contributed by atoms with Gasteiger partial charge in [0.1, 0.15) is 0 Å². The summed E-state index contributed by atoms with van der Waals surface area (Å²) in [6.45, 7) is -0.607. The first kappa shape index (κ1) is 21.0. The molecular weight excluding hydrogens is 432 g/mol. The molecule has 1 aliphatic heterocycles. The Morgan fingerprint density at radius 3 is 2.34 bits per heavy atom. The maximum absolute atomic E-state index is 12.9. The van der Waals surface area contributed by atoms with Crippen molar-refractivity contribution < 1.29 is 27.5 Å². The van der Waals surface area contributed by atoms with Crippen LogP contribution in [0.3, 0.4) is 0 Å². The fraction of sp³-hybridized carbons (Fsp3) is 0.0435. The first-order valence-electron chi connectivity index (χ1n) is 9.31. The van der Waals surface area contributed by atoms with Crippen LogP contribution < -0.4 is 5.32 Å². The molecule has 0 aliphatic carbocycles. The summed E-state index contributed by atoms with van der Waals surface area (Å²) in [5.41, 5.74) is 0.791. The summed E-state index contributed by atoms with van der Waals surface area (Å²) in [5, 5.41) is 11.3. The third kappa shape index (κ3) is 3.75. The van der Waals surface area contributed by atoms with Crippen molar-refractivity contribution >= 4 is 33.2 Å². The van der Waals surface area contributed by atoms with Gasteiger partial charge in [-0.15, -0.1) is 0 Å². The summed E-state index contributed by atoms with van der Waals surface area (Å²) in [5.74, 6) is -1.98. The molecular formula is C23H14N2O6S. The number of sulfone groups is 1. The quantitative estimate of drug-likeness (QED) is 0.477. The van der Waals surface area contributed by atoms with E-state index in [0.29, 0.717) is 11.3 Å². The van der Waals surface area contributed by atoms with Gasteiger partial charge in [-0.1, -0.05) is 12.1 Å². The second kappa shape index (κ2) is 8.09. The number of hydrogen-bond donors (Lipinski definition) is 1. The van der Waals surface area contributed by atoms with E-state index >= 15 is 0 Å². The van der Waals surface area contributed by atoms with Gasteiger partial charge in [0.15, 0.2) is 12.4 Å². The highest BCUT2D eigenvalue weighted by Crippen LogP contribution is 2.34. The first-order chi connectivity index (χ1) is 15.3. The molecule has 1 amide bonds. The van der Waals surface area contributed by atoms with Gasteiger partial charge in [0.2, 0.25) is 9.84 Å². The number of hydrogen-bond acceptors (Lipinski definition) is 7. The molecule has 1 heterocycles. The second-order valence-electron chi connectivity index (χ2n) is 6.85. The summed E-state index contributed by atoms with van der Waals surface area (Å²) in [7, 11) is -4.00. The zero-order valence-corrected chi connectivity index (χ0v) is 17.2. The van der Waals surface area contributed by atoms with Crippen LogP contribution in [0.4, 0.5) is 5.69 Å². The van der Waals surface area contributed by atoms with E-state index in [9.17, 15) is 22.8 Å². The summed E-state index contributed by atoms with van der Waals surface area (Å²) >= 11 is 0. The van der Waals surface area contributed by atoms with Crippen LogP contribution in [0.25, 0.3) is 0 Å². The Kier molecular flexibility index (Phi) is 5.30. The highest BCUT2D eigenvalue weighted by molar-refractivity contribution is 7.91. The smallest absolute Gasteiger partial charge is 0.338 e. The number of nitriles is 1. The lowest BCUT2D eigenvalue weighted by Gasteiger charge is -2.19. The van der Waals surface area contributed by atoms with Crippen molar-refractivity contribution in [3.05, 3.63) is 89.0 Å². The standard InChI is InChI=1S/C23H14N2O6S/c24-12-14-5-8-16(9-6-14)25-21(26)13-31-23(28)15-7-10-18-20(11-15)32(29,30)19-4-2-1-3-17(19)22(18)27/h1-11H,13H2,(H,25,26). The number of anilines is 1. The van der Waals surface area contributed by atoms with Gasteiger partial charge in [0.25, 0.3) is 5.91 Å². The number of esters is 1. The van der Waals surface area contributed by atoms with Gasteiger partial charge in [-0.2, -0.15) is 5.26 Å². The van der Waals surface area contributed by atoms with E-state index < -0.39 is 34.1 Å². The van der Waals surface area contributed by atoms with Gasteiger partial charge in [0.05, 0.1) is 27.0 Å². The maximum Gasteiger partial charge on any atom is 0.338 e. The average molecular weight is 446 g/mol. The highest BCUT2D eigenvalue weighted by atomic mass is 32.2. The molecule has 8 nitrogen and oxygen atoms in total. The third-order valence-corrected chi connectivity index (χ3v) is 6.66. The Morgan fingerprint density at radius 2 is 1.62 bits per heavy atom. The van der Waals surface area contributed by atoms with E-state index in [1.54, 1.807) is 6.07 Å². The summed E-state index contributed by atoms with van der Waals surface area (Å²) in [6, 6.07) is 17.5. The lowest BCUT2D eigenvalue weighted by atomic mass is 10.0. The molecule has 0 saturated heterocycles. The number of nitrogens with one attached hydrogen (secondary N) is 1. The van der Waals surface area contributed by atoms with E-state index in [1.165, 1.54) is 54.6 Å². The minimum absolute atomic E-state index is 0.0289. The molecule has 158 valence electrons. The Balaban J connectivity index is 1.50. The molecule has 0 spiro atoms. The fourth-order valence-corrected chi connectivity index (χ4v) is 4.93. The summed E-state index contributed by atoms with van der Waals surface area (Å²) in [4.78, 5) is 36.7. The van der Waals surface area contributed by atoms with Gasteiger partial charge in [-0.05, 0) is 54.6 Å². The van der Waals surface area contributed by atoms with Crippen molar-refractivity contribution in [3.63, 3.8) is 0 Å². The number of carbonyl (C=O) groups excluding carboxylic acids is 3. The van der Waals surface area contributed by atoms with Crippen molar-refractivity contribution in [2.45, 2.75) is 9.79 Å². The summed E-state index contributed by atoms with van der Waals surface area (Å²) < 4.78 is 30.9. The van der Waals surface area contributed by atoms with Gasteiger partial charge >= 0.3 is 5.97 Å². The number of amides is 1. The number of ketones is 1. The molecule has 0 aromatic heterocycles. The molecule has 4 rings (SSSR count). The number of nitrogens with zero attached hydrogens (tertiary/aromatic N) is 1. The Hall–Kier alpha value is -4.29. The maximum atomic E-state index is 12.9. The highest BCUT2D eigenvalue weighted by Gasteiger charge is 2.35. The van der Waals surface area contributed by atoms with Gasteiger partial charge in [-0.3, -0.25) is 9.59 Å². The molecule has 32 heavy (non-hydrogen) atoms. The minimum Gasteiger partial charge on any atom is -0.452 e. The van der Waals surface area contributed by atoms with E-state index in [0.717, 1.165) is 6.07 Å². The molecule has 0 unspecified atom stereocenters. The molecule has 0 bridgehead atoms. The van der Waals surface area contributed by atoms with Crippen LogP contribution in [0.2, 0.25) is 0 Å². The number of carbonyl (C=O) groups is 3. The van der Waals surface area contributed by atoms with Crippen LogP contribution in [0, 0.1) is 11.3 Å². The van der Waals surface area contributed by atoms with Crippen molar-refractivity contribution in [1.29, 1.82) is 5.26 Å². The van der Waals surface area contributed by atoms with Crippen molar-refractivity contribution in [2.24, 2.45) is 0 Å². The van der Waals surface area contributed by atoms with Gasteiger partial charge in [-0.25, -0.2) is 13.2 Å². The zero-order chi connectivity index (χ0) is 22.9. The van der Waals surface area contributed by atoms with Crippen LogP contribution in [0.15, 0.2) is 76.5 Å². The average Bonchev–Trinajstić information content (AvgIpc) is 2.81. The molecule has 0 saturated carbocycles. The van der Waals surface area contributed by atoms with Crippen molar-refractivity contribution in [3.8, 4) is 6.07 Å².